The van der Waals surface area contributed by atoms with Crippen molar-refractivity contribution in [2.24, 2.45) is 0 Å². The number of pyridine rings is 1. The Morgan fingerprint density at radius 3 is 2.67 bits per heavy atom. The third-order valence-electron chi connectivity index (χ3n) is 3.97. The van der Waals surface area contributed by atoms with Crippen LogP contribution in [-0.2, 0) is 6.54 Å². The maximum Gasteiger partial charge on any atom is 0.129 e. The summed E-state index contributed by atoms with van der Waals surface area (Å²) in [4.78, 5) is 9.50. The fourth-order valence-corrected chi connectivity index (χ4v) is 2.55. The minimum atomic E-state index is 0.0589. The molecule has 21 heavy (non-hydrogen) atoms. The lowest BCUT2D eigenvalue weighted by atomic mass is 10.1. The minimum Gasteiger partial charge on any atom is -0.354 e. The Morgan fingerprint density at radius 1 is 1.33 bits per heavy atom. The molecule has 1 N–H and O–H groups in total. The van der Waals surface area contributed by atoms with Crippen molar-refractivity contribution in [3.8, 4) is 0 Å². The summed E-state index contributed by atoms with van der Waals surface area (Å²) < 4.78 is 0. The maximum absolute atomic E-state index is 6.29. The smallest absolute Gasteiger partial charge is 0.129 e. The number of anilines is 1. The molecule has 0 aromatic carbocycles. The van der Waals surface area contributed by atoms with E-state index < -0.39 is 0 Å². The van der Waals surface area contributed by atoms with Crippen LogP contribution in [0, 0.1) is 0 Å². The predicted octanol–water partition coefficient (Wildman–Crippen LogP) is 2.76. The largest absolute Gasteiger partial charge is 0.354 e. The summed E-state index contributed by atoms with van der Waals surface area (Å²) in [6, 6.07) is 4.54. The normalized spacial score (nSPS) is 20.9. The van der Waals surface area contributed by atoms with Gasteiger partial charge in [-0.3, -0.25) is 0 Å². The lowest BCUT2D eigenvalue weighted by Gasteiger charge is -2.38. The van der Waals surface area contributed by atoms with E-state index in [4.69, 9.17) is 16.6 Å². The zero-order valence-electron chi connectivity index (χ0n) is 13.8. The quantitative estimate of drug-likeness (QED) is 0.930. The summed E-state index contributed by atoms with van der Waals surface area (Å²) in [7, 11) is 2.18. The third-order valence-corrected chi connectivity index (χ3v) is 4.32. The first-order valence-corrected chi connectivity index (χ1v) is 8.00. The fourth-order valence-electron chi connectivity index (χ4n) is 2.38. The second-order valence-electron chi connectivity index (χ2n) is 6.98. The van der Waals surface area contributed by atoms with Gasteiger partial charge in [0.05, 0.1) is 10.7 Å². The van der Waals surface area contributed by atoms with Gasteiger partial charge in [0.1, 0.15) is 5.82 Å². The molecular formula is C16H27ClN4. The van der Waals surface area contributed by atoms with E-state index in [0.717, 1.165) is 36.2 Å². The van der Waals surface area contributed by atoms with Gasteiger partial charge in [0, 0.05) is 37.8 Å². The average Bonchev–Trinajstić information content (AvgIpc) is 2.40. The molecule has 4 nitrogen and oxygen atoms in total. The summed E-state index contributed by atoms with van der Waals surface area (Å²) in [5.74, 6) is 1.03. The number of aromatic nitrogens is 1. The van der Waals surface area contributed by atoms with Crippen molar-refractivity contribution >= 4 is 17.4 Å². The van der Waals surface area contributed by atoms with Gasteiger partial charge in [-0.25, -0.2) is 4.98 Å². The van der Waals surface area contributed by atoms with Crippen LogP contribution in [0.5, 0.6) is 0 Å². The third kappa shape index (κ3) is 4.56. The monoisotopic (exact) mass is 310 g/mol. The second kappa shape index (κ2) is 6.51. The van der Waals surface area contributed by atoms with Crippen molar-refractivity contribution in [1.29, 1.82) is 0 Å². The van der Waals surface area contributed by atoms with E-state index in [2.05, 4.69) is 49.9 Å². The number of rotatable bonds is 3. The molecule has 0 bridgehead atoms. The van der Waals surface area contributed by atoms with Gasteiger partial charge in [0.25, 0.3) is 0 Å². The fraction of sp³-hybridized carbons (Fsp3) is 0.688. The van der Waals surface area contributed by atoms with Crippen molar-refractivity contribution in [3.63, 3.8) is 0 Å². The number of piperazine rings is 1. The van der Waals surface area contributed by atoms with E-state index in [-0.39, 0.29) is 5.54 Å². The molecule has 2 rings (SSSR count). The Kier molecular flexibility index (Phi) is 5.12. The van der Waals surface area contributed by atoms with E-state index >= 15 is 0 Å². The summed E-state index contributed by atoms with van der Waals surface area (Å²) in [5.41, 5.74) is 0.985. The molecule has 5 heteroatoms. The summed E-state index contributed by atoms with van der Waals surface area (Å²) >= 11 is 6.29. The first kappa shape index (κ1) is 16.5. The highest BCUT2D eigenvalue weighted by Crippen LogP contribution is 2.22. The van der Waals surface area contributed by atoms with Crippen LogP contribution in [-0.4, -0.2) is 48.1 Å². The van der Waals surface area contributed by atoms with Gasteiger partial charge in [0.15, 0.2) is 0 Å². The topological polar surface area (TPSA) is 31.4 Å². The van der Waals surface area contributed by atoms with Crippen molar-refractivity contribution in [2.45, 2.75) is 45.8 Å². The summed E-state index contributed by atoms with van der Waals surface area (Å²) in [5, 5.41) is 4.19. The molecule has 0 saturated carbocycles. The van der Waals surface area contributed by atoms with E-state index in [0.29, 0.717) is 12.6 Å². The number of nitrogens with zero attached hydrogens (tertiary/aromatic N) is 3. The zero-order chi connectivity index (χ0) is 15.6. The van der Waals surface area contributed by atoms with Gasteiger partial charge in [-0.05, 0) is 46.9 Å². The highest BCUT2D eigenvalue weighted by atomic mass is 35.5. The van der Waals surface area contributed by atoms with E-state index in [1.54, 1.807) is 0 Å². The Hall–Kier alpha value is -0.840. The molecule has 0 amide bonds. The zero-order valence-corrected chi connectivity index (χ0v) is 14.5. The minimum absolute atomic E-state index is 0.0589. The molecule has 1 aromatic heterocycles. The molecular weight excluding hydrogens is 284 g/mol. The van der Waals surface area contributed by atoms with Crippen LogP contribution in [0.2, 0.25) is 5.02 Å². The van der Waals surface area contributed by atoms with Crippen LogP contribution < -0.4 is 10.2 Å². The van der Waals surface area contributed by atoms with Crippen molar-refractivity contribution in [3.05, 3.63) is 22.8 Å². The lowest BCUT2D eigenvalue weighted by molar-refractivity contribution is 0.233. The molecule has 118 valence electrons. The van der Waals surface area contributed by atoms with Crippen molar-refractivity contribution in [2.75, 3.05) is 31.6 Å². The lowest BCUT2D eigenvalue weighted by Crippen LogP contribution is -2.50. The van der Waals surface area contributed by atoms with Gasteiger partial charge >= 0.3 is 0 Å². The molecule has 1 unspecified atom stereocenters. The first-order chi connectivity index (χ1) is 9.76. The Morgan fingerprint density at radius 2 is 2.05 bits per heavy atom. The number of halogens is 1. The van der Waals surface area contributed by atoms with Crippen molar-refractivity contribution < 1.29 is 0 Å². The molecule has 1 fully saturated rings. The molecule has 1 aliphatic rings. The number of hydrogen-bond donors (Lipinski definition) is 1. The number of nitrogens with one attached hydrogen (secondary N) is 1. The molecule has 0 spiro atoms. The van der Waals surface area contributed by atoms with Gasteiger partial charge in [-0.2, -0.15) is 0 Å². The molecule has 2 heterocycles. The van der Waals surface area contributed by atoms with Crippen LogP contribution in [0.4, 0.5) is 5.82 Å². The van der Waals surface area contributed by atoms with Gasteiger partial charge < -0.3 is 15.1 Å². The van der Waals surface area contributed by atoms with Crippen LogP contribution in [0.3, 0.4) is 0 Å². The number of hydrogen-bond acceptors (Lipinski definition) is 4. The maximum atomic E-state index is 6.29. The standard InChI is InChI=1S/C16H27ClN4/c1-12-11-21(9-8-20(12)5)15-7-6-13(17)14(19-15)10-18-16(2,3)4/h6-7,12,18H,8-11H2,1-5H3. The molecule has 0 aliphatic carbocycles. The van der Waals surface area contributed by atoms with Gasteiger partial charge in [-0.1, -0.05) is 11.6 Å². The molecule has 0 radical (unpaired) electrons. The van der Waals surface area contributed by atoms with Gasteiger partial charge in [0.2, 0.25) is 0 Å². The Bertz CT molecular complexity index is 484. The van der Waals surface area contributed by atoms with E-state index in [1.165, 1.54) is 0 Å². The second-order valence-corrected chi connectivity index (χ2v) is 7.38. The number of likely N-dealkylation sites (N-methyl/N-ethyl adjacent to an activating group) is 1. The van der Waals surface area contributed by atoms with E-state index in [9.17, 15) is 0 Å². The van der Waals surface area contributed by atoms with Crippen LogP contribution in [0.1, 0.15) is 33.4 Å². The molecule has 1 aromatic rings. The molecule has 1 atom stereocenters. The first-order valence-electron chi connectivity index (χ1n) is 7.62. The van der Waals surface area contributed by atoms with Crippen molar-refractivity contribution in [1.82, 2.24) is 15.2 Å². The van der Waals surface area contributed by atoms with Crippen LogP contribution in [0.15, 0.2) is 12.1 Å². The molecule has 1 aliphatic heterocycles. The Labute approximate surface area is 133 Å². The highest BCUT2D eigenvalue weighted by Gasteiger charge is 2.22. The van der Waals surface area contributed by atoms with E-state index in [1.807, 2.05) is 12.1 Å². The SMILES string of the molecule is CC1CN(c2ccc(Cl)c(CNC(C)(C)C)n2)CCN1C. The summed E-state index contributed by atoms with van der Waals surface area (Å²) in [6.45, 7) is 12.5. The summed E-state index contributed by atoms with van der Waals surface area (Å²) in [6.07, 6.45) is 0. The molecule has 1 saturated heterocycles. The van der Waals surface area contributed by atoms with Crippen LogP contribution >= 0.6 is 11.6 Å². The van der Waals surface area contributed by atoms with Crippen LogP contribution in [0.25, 0.3) is 0 Å². The average molecular weight is 311 g/mol. The Balaban J connectivity index is 2.11. The predicted molar refractivity (Wildman–Crippen MR) is 90.1 cm³/mol. The highest BCUT2D eigenvalue weighted by molar-refractivity contribution is 6.31. The van der Waals surface area contributed by atoms with Gasteiger partial charge in [-0.15, -0.1) is 0 Å².